The van der Waals surface area contributed by atoms with E-state index in [0.717, 1.165) is 56.8 Å². The van der Waals surface area contributed by atoms with Crippen molar-refractivity contribution in [3.63, 3.8) is 0 Å². The van der Waals surface area contributed by atoms with Crippen molar-refractivity contribution < 1.29 is 14.6 Å². The number of hydrogen-bond donors (Lipinski definition) is 1. The Hall–Kier alpha value is -2.38. The quantitative estimate of drug-likeness (QED) is 0.371. The second kappa shape index (κ2) is 13.8. The van der Waals surface area contributed by atoms with Crippen molar-refractivity contribution in [2.24, 2.45) is 0 Å². The average molecular weight is 512 g/mol. The number of unbranched alkanes of at least 4 members (excludes halogenated alkanes) is 3. The topological polar surface area (TPSA) is 56.2 Å². The number of anilines is 3. The number of rotatable bonds is 12. The Morgan fingerprint density at radius 3 is 1.75 bits per heavy atom. The Morgan fingerprint density at radius 2 is 1.25 bits per heavy atom. The van der Waals surface area contributed by atoms with Gasteiger partial charge in [-0.25, -0.2) is 4.79 Å². The molecule has 2 aliphatic rings. The van der Waals surface area contributed by atoms with Crippen LogP contribution in [0, 0.1) is 0 Å². The van der Waals surface area contributed by atoms with Crippen LogP contribution in [-0.2, 0) is 4.74 Å². The fourth-order valence-corrected chi connectivity index (χ4v) is 6.39. The van der Waals surface area contributed by atoms with Gasteiger partial charge >= 0.3 is 5.97 Å². The van der Waals surface area contributed by atoms with Gasteiger partial charge in [-0.15, -0.1) is 0 Å². The van der Waals surface area contributed by atoms with E-state index in [1.807, 2.05) is 12.1 Å². The lowest BCUT2D eigenvalue weighted by atomic mass is 10.1. The monoisotopic (exact) mass is 511 g/mol. The van der Waals surface area contributed by atoms with E-state index in [1.165, 1.54) is 55.7 Å². The Balaban J connectivity index is 1.16. The fourth-order valence-electron chi connectivity index (χ4n) is 5.14. The van der Waals surface area contributed by atoms with Gasteiger partial charge in [-0.1, -0.05) is 12.8 Å². The Morgan fingerprint density at radius 1 is 0.778 bits per heavy atom. The number of aromatic carboxylic acids is 1. The molecule has 4 rings (SSSR count). The minimum absolute atomic E-state index is 0.338. The Kier molecular flexibility index (Phi) is 10.2. The molecule has 0 saturated carbocycles. The summed E-state index contributed by atoms with van der Waals surface area (Å²) in [6.45, 7) is 7.02. The van der Waals surface area contributed by atoms with Gasteiger partial charge in [0.15, 0.2) is 0 Å². The first-order valence-corrected chi connectivity index (χ1v) is 14.5. The van der Waals surface area contributed by atoms with Crippen LogP contribution in [0.2, 0.25) is 0 Å². The van der Waals surface area contributed by atoms with E-state index in [1.54, 1.807) is 19.2 Å². The summed E-state index contributed by atoms with van der Waals surface area (Å²) in [4.78, 5) is 18.4. The predicted octanol–water partition coefficient (Wildman–Crippen LogP) is 5.62. The molecule has 0 spiro atoms. The van der Waals surface area contributed by atoms with Gasteiger partial charge < -0.3 is 24.5 Å². The summed E-state index contributed by atoms with van der Waals surface area (Å²) in [6.07, 6.45) is 7.72. The molecule has 36 heavy (non-hydrogen) atoms. The zero-order valence-corrected chi connectivity index (χ0v) is 22.4. The Labute approximate surface area is 220 Å². The molecule has 2 fully saturated rings. The lowest BCUT2D eigenvalue weighted by Gasteiger charge is -2.38. The number of ether oxygens (including phenoxy) is 1. The number of methoxy groups -OCH3 is 1. The molecule has 2 heterocycles. The van der Waals surface area contributed by atoms with E-state index in [0.29, 0.717) is 5.56 Å². The van der Waals surface area contributed by atoms with E-state index < -0.39 is 5.97 Å². The maximum atomic E-state index is 11.1. The number of piperazine rings is 1. The van der Waals surface area contributed by atoms with Crippen LogP contribution in [0.3, 0.4) is 0 Å². The number of piperidine rings is 1. The molecule has 2 saturated heterocycles. The zero-order valence-electron chi connectivity index (χ0n) is 21.6. The maximum absolute atomic E-state index is 11.1. The third-order valence-electron chi connectivity index (χ3n) is 7.38. The van der Waals surface area contributed by atoms with E-state index in [9.17, 15) is 4.79 Å². The SMILES string of the molecule is COCCCCCCSC1CCN(c2ccc(N3CCN(c4ccc(C(=O)O)cc4)CC3)cc2)CC1. The summed E-state index contributed by atoms with van der Waals surface area (Å²) < 4.78 is 5.13. The van der Waals surface area contributed by atoms with Crippen LogP contribution in [0.5, 0.6) is 0 Å². The van der Waals surface area contributed by atoms with Gasteiger partial charge in [0.2, 0.25) is 0 Å². The lowest BCUT2D eigenvalue weighted by Crippen LogP contribution is -2.46. The molecule has 2 aliphatic heterocycles. The van der Waals surface area contributed by atoms with Gasteiger partial charge in [-0.2, -0.15) is 11.8 Å². The molecule has 7 heteroatoms. The van der Waals surface area contributed by atoms with Crippen molar-refractivity contribution in [1.29, 1.82) is 0 Å². The van der Waals surface area contributed by atoms with Crippen LogP contribution in [0.25, 0.3) is 0 Å². The van der Waals surface area contributed by atoms with E-state index in [2.05, 4.69) is 50.7 Å². The van der Waals surface area contributed by atoms with Crippen molar-refractivity contribution in [3.05, 3.63) is 54.1 Å². The lowest BCUT2D eigenvalue weighted by molar-refractivity contribution is 0.0697. The number of carboxylic acid groups (broad SMARTS) is 1. The number of benzene rings is 2. The van der Waals surface area contributed by atoms with Crippen LogP contribution in [0.4, 0.5) is 17.1 Å². The number of thioether (sulfide) groups is 1. The van der Waals surface area contributed by atoms with E-state index >= 15 is 0 Å². The largest absolute Gasteiger partial charge is 0.478 e. The predicted molar refractivity (Wildman–Crippen MR) is 152 cm³/mol. The number of carboxylic acids is 1. The highest BCUT2D eigenvalue weighted by Crippen LogP contribution is 2.29. The van der Waals surface area contributed by atoms with Gasteiger partial charge in [0.1, 0.15) is 0 Å². The first kappa shape index (κ1) is 26.7. The highest BCUT2D eigenvalue weighted by atomic mass is 32.2. The van der Waals surface area contributed by atoms with Gasteiger partial charge in [0, 0.05) is 75.3 Å². The molecule has 0 unspecified atom stereocenters. The van der Waals surface area contributed by atoms with Gasteiger partial charge in [-0.05, 0) is 80.0 Å². The first-order valence-electron chi connectivity index (χ1n) is 13.4. The number of nitrogens with zero attached hydrogens (tertiary/aromatic N) is 3. The molecule has 0 aliphatic carbocycles. The third kappa shape index (κ3) is 7.56. The standard InChI is InChI=1S/C29H41N3O3S/c1-35-22-4-2-3-5-23-36-28-14-16-30(17-15-28)26-10-12-27(13-11-26)32-20-18-31(19-21-32)25-8-6-24(7-9-25)29(33)34/h6-13,28H,2-5,14-23H2,1H3,(H,33,34). The van der Waals surface area contributed by atoms with Crippen molar-refractivity contribution in [3.8, 4) is 0 Å². The molecule has 2 aromatic rings. The minimum atomic E-state index is -0.877. The first-order chi connectivity index (χ1) is 17.6. The molecular formula is C29H41N3O3S. The molecule has 0 atom stereocenters. The second-order valence-electron chi connectivity index (χ2n) is 9.81. The van der Waals surface area contributed by atoms with Crippen LogP contribution in [-0.4, -0.2) is 75.1 Å². The highest BCUT2D eigenvalue weighted by molar-refractivity contribution is 7.99. The second-order valence-corrected chi connectivity index (χ2v) is 11.2. The number of carbonyl (C=O) groups is 1. The maximum Gasteiger partial charge on any atom is 0.335 e. The molecule has 0 aromatic heterocycles. The highest BCUT2D eigenvalue weighted by Gasteiger charge is 2.21. The fraction of sp³-hybridized carbons (Fsp3) is 0.552. The van der Waals surface area contributed by atoms with Crippen molar-refractivity contribution in [1.82, 2.24) is 0 Å². The third-order valence-corrected chi connectivity index (χ3v) is 8.84. The number of hydrogen-bond acceptors (Lipinski definition) is 6. The van der Waals surface area contributed by atoms with Crippen LogP contribution in [0.15, 0.2) is 48.5 Å². The van der Waals surface area contributed by atoms with Crippen LogP contribution < -0.4 is 14.7 Å². The normalized spacial score (nSPS) is 17.0. The van der Waals surface area contributed by atoms with Gasteiger partial charge in [-0.3, -0.25) is 0 Å². The summed E-state index contributed by atoms with van der Waals surface area (Å²) in [5.41, 5.74) is 4.07. The van der Waals surface area contributed by atoms with E-state index in [-0.39, 0.29) is 0 Å². The van der Waals surface area contributed by atoms with Crippen molar-refractivity contribution in [2.45, 2.75) is 43.8 Å². The van der Waals surface area contributed by atoms with Gasteiger partial charge in [0.25, 0.3) is 0 Å². The van der Waals surface area contributed by atoms with E-state index in [4.69, 9.17) is 9.84 Å². The summed E-state index contributed by atoms with van der Waals surface area (Å²) in [7, 11) is 1.79. The zero-order chi connectivity index (χ0) is 25.2. The van der Waals surface area contributed by atoms with Gasteiger partial charge in [0.05, 0.1) is 5.56 Å². The molecule has 0 radical (unpaired) electrons. The van der Waals surface area contributed by atoms with Crippen molar-refractivity contribution >= 4 is 34.8 Å². The summed E-state index contributed by atoms with van der Waals surface area (Å²) in [5, 5.41) is 9.92. The molecule has 2 aromatic carbocycles. The molecule has 0 amide bonds. The summed E-state index contributed by atoms with van der Waals surface area (Å²) in [6, 6.07) is 16.3. The summed E-state index contributed by atoms with van der Waals surface area (Å²) in [5.74, 6) is 0.422. The molecule has 6 nitrogen and oxygen atoms in total. The smallest absolute Gasteiger partial charge is 0.335 e. The van der Waals surface area contributed by atoms with Crippen LogP contribution >= 0.6 is 11.8 Å². The molecule has 1 N–H and O–H groups in total. The molecule has 196 valence electrons. The summed E-state index contributed by atoms with van der Waals surface area (Å²) >= 11 is 2.19. The molecule has 0 bridgehead atoms. The minimum Gasteiger partial charge on any atom is -0.478 e. The average Bonchev–Trinajstić information content (AvgIpc) is 2.93. The van der Waals surface area contributed by atoms with Crippen molar-refractivity contribution in [2.75, 3.05) is 73.4 Å². The Bertz CT molecular complexity index is 922. The van der Waals surface area contributed by atoms with Crippen LogP contribution in [0.1, 0.15) is 48.9 Å². The molecular weight excluding hydrogens is 470 g/mol.